The normalized spacial score (nSPS) is 12.1. The minimum Gasteiger partial charge on any atom is -0.452 e. The summed E-state index contributed by atoms with van der Waals surface area (Å²) in [4.78, 5) is 13.9. The SMILES string of the molecule is CC(OC(=O)C(c1ccccc1)c1ccccc1)c1nnc(-c2cccs2)o1. The van der Waals surface area contributed by atoms with E-state index in [4.69, 9.17) is 9.15 Å². The van der Waals surface area contributed by atoms with Crippen LogP contribution in [0.1, 0.15) is 36.0 Å². The number of hydrogen-bond donors (Lipinski definition) is 0. The molecule has 0 aliphatic heterocycles. The molecule has 0 radical (unpaired) electrons. The Morgan fingerprint density at radius 2 is 1.57 bits per heavy atom. The predicted molar refractivity (Wildman–Crippen MR) is 107 cm³/mol. The smallest absolute Gasteiger partial charge is 0.318 e. The molecule has 0 fully saturated rings. The lowest BCUT2D eigenvalue weighted by molar-refractivity contribution is -0.150. The van der Waals surface area contributed by atoms with E-state index in [9.17, 15) is 4.79 Å². The molecule has 2 aromatic carbocycles. The zero-order valence-corrected chi connectivity index (χ0v) is 16.0. The minimum absolute atomic E-state index is 0.275. The number of aromatic nitrogens is 2. The third kappa shape index (κ3) is 3.87. The fraction of sp³-hybridized carbons (Fsp3) is 0.136. The molecular formula is C22H18N2O3S. The molecule has 2 heterocycles. The molecule has 6 heteroatoms. The molecule has 0 N–H and O–H groups in total. The highest BCUT2D eigenvalue weighted by Crippen LogP contribution is 2.30. The van der Waals surface area contributed by atoms with Crippen LogP contribution in [0.5, 0.6) is 0 Å². The van der Waals surface area contributed by atoms with Crippen molar-refractivity contribution in [3.63, 3.8) is 0 Å². The zero-order chi connectivity index (χ0) is 19.3. The average Bonchev–Trinajstić information content (AvgIpc) is 3.42. The predicted octanol–water partition coefficient (Wildman–Crippen LogP) is 5.23. The van der Waals surface area contributed by atoms with E-state index < -0.39 is 12.0 Å². The van der Waals surface area contributed by atoms with E-state index in [0.29, 0.717) is 5.89 Å². The van der Waals surface area contributed by atoms with Crippen molar-refractivity contribution in [3.8, 4) is 10.8 Å². The molecule has 4 rings (SSSR count). The van der Waals surface area contributed by atoms with Crippen LogP contribution >= 0.6 is 11.3 Å². The molecule has 0 aliphatic carbocycles. The number of nitrogens with zero attached hydrogens (tertiary/aromatic N) is 2. The zero-order valence-electron chi connectivity index (χ0n) is 15.2. The molecule has 2 aromatic heterocycles. The highest BCUT2D eigenvalue weighted by Gasteiger charge is 2.28. The fourth-order valence-corrected chi connectivity index (χ4v) is 3.59. The van der Waals surface area contributed by atoms with E-state index in [1.165, 1.54) is 11.3 Å². The van der Waals surface area contributed by atoms with Crippen LogP contribution in [0.4, 0.5) is 0 Å². The highest BCUT2D eigenvalue weighted by molar-refractivity contribution is 7.13. The Labute approximate surface area is 166 Å². The third-order valence-electron chi connectivity index (χ3n) is 4.31. The number of carbonyl (C=O) groups is 1. The topological polar surface area (TPSA) is 65.2 Å². The summed E-state index contributed by atoms with van der Waals surface area (Å²) in [6, 6.07) is 23.0. The van der Waals surface area contributed by atoms with Gasteiger partial charge in [-0.2, -0.15) is 0 Å². The lowest BCUT2D eigenvalue weighted by atomic mass is 9.91. The summed E-state index contributed by atoms with van der Waals surface area (Å²) in [6.07, 6.45) is -0.649. The van der Waals surface area contributed by atoms with Gasteiger partial charge in [0.15, 0.2) is 6.10 Å². The molecule has 0 bridgehead atoms. The maximum Gasteiger partial charge on any atom is 0.318 e. The Balaban J connectivity index is 1.56. The van der Waals surface area contributed by atoms with Gasteiger partial charge in [0.2, 0.25) is 0 Å². The van der Waals surface area contributed by atoms with Crippen LogP contribution in [-0.2, 0) is 9.53 Å². The summed E-state index contributed by atoms with van der Waals surface area (Å²) in [7, 11) is 0. The number of hydrogen-bond acceptors (Lipinski definition) is 6. The van der Waals surface area contributed by atoms with Gasteiger partial charge in [-0.3, -0.25) is 4.79 Å². The van der Waals surface area contributed by atoms with Gasteiger partial charge in [0.1, 0.15) is 5.92 Å². The van der Waals surface area contributed by atoms with Gasteiger partial charge < -0.3 is 9.15 Å². The molecule has 0 saturated carbocycles. The number of carbonyl (C=O) groups excluding carboxylic acids is 1. The number of thiophene rings is 1. The second kappa shape index (κ2) is 8.19. The first-order valence-corrected chi connectivity index (χ1v) is 9.78. The lowest BCUT2D eigenvalue weighted by Crippen LogP contribution is -2.19. The second-order valence-electron chi connectivity index (χ2n) is 6.26. The van der Waals surface area contributed by atoms with Gasteiger partial charge in [-0.25, -0.2) is 0 Å². The van der Waals surface area contributed by atoms with Crippen molar-refractivity contribution in [2.45, 2.75) is 18.9 Å². The van der Waals surface area contributed by atoms with Gasteiger partial charge in [-0.1, -0.05) is 66.7 Å². The van der Waals surface area contributed by atoms with E-state index in [1.54, 1.807) is 6.92 Å². The van der Waals surface area contributed by atoms with Gasteiger partial charge in [-0.05, 0) is 29.5 Å². The average molecular weight is 390 g/mol. The second-order valence-corrected chi connectivity index (χ2v) is 7.20. The molecule has 4 aromatic rings. The molecule has 0 spiro atoms. The van der Waals surface area contributed by atoms with Crippen molar-refractivity contribution in [3.05, 3.63) is 95.2 Å². The quantitative estimate of drug-likeness (QED) is 0.422. The fourth-order valence-electron chi connectivity index (χ4n) is 2.95. The summed E-state index contributed by atoms with van der Waals surface area (Å²) >= 11 is 1.51. The Bertz CT molecular complexity index is 991. The molecule has 5 nitrogen and oxygen atoms in total. The molecule has 28 heavy (non-hydrogen) atoms. The van der Waals surface area contributed by atoms with Gasteiger partial charge in [0, 0.05) is 0 Å². The molecule has 0 amide bonds. The monoisotopic (exact) mass is 390 g/mol. The molecule has 0 saturated heterocycles. The summed E-state index contributed by atoms with van der Waals surface area (Å²) in [6.45, 7) is 1.73. The van der Waals surface area contributed by atoms with Crippen LogP contribution in [-0.4, -0.2) is 16.2 Å². The summed E-state index contributed by atoms with van der Waals surface area (Å²) in [5.41, 5.74) is 1.74. The summed E-state index contributed by atoms with van der Waals surface area (Å²) in [5, 5.41) is 10.0. The van der Waals surface area contributed by atoms with Gasteiger partial charge in [0.25, 0.3) is 11.8 Å². The number of benzene rings is 2. The number of esters is 1. The van der Waals surface area contributed by atoms with Gasteiger partial charge in [0.05, 0.1) is 4.88 Å². The standard InChI is InChI=1S/C22H18N2O3S/c1-15(20-23-24-21(27-20)18-13-8-14-28-18)26-22(25)19(16-9-4-2-5-10-16)17-11-6-3-7-12-17/h2-15,19H,1H3. The van der Waals surface area contributed by atoms with Crippen molar-refractivity contribution in [2.24, 2.45) is 0 Å². The van der Waals surface area contributed by atoms with E-state index in [1.807, 2.05) is 78.2 Å². The summed E-state index contributed by atoms with van der Waals surface area (Å²) < 4.78 is 11.4. The first-order valence-electron chi connectivity index (χ1n) is 8.90. The van der Waals surface area contributed by atoms with Crippen LogP contribution < -0.4 is 0 Å². The number of rotatable bonds is 6. The Morgan fingerprint density at radius 1 is 0.929 bits per heavy atom. The van der Waals surface area contributed by atoms with Crippen molar-refractivity contribution in [1.82, 2.24) is 10.2 Å². The molecule has 1 unspecified atom stereocenters. The summed E-state index contributed by atoms with van der Waals surface area (Å²) in [5.74, 6) is -0.183. The Morgan fingerprint density at radius 3 is 2.14 bits per heavy atom. The maximum absolute atomic E-state index is 13.1. The largest absolute Gasteiger partial charge is 0.452 e. The molecular weight excluding hydrogens is 372 g/mol. The first kappa shape index (κ1) is 18.1. The lowest BCUT2D eigenvalue weighted by Gasteiger charge is -2.19. The van der Waals surface area contributed by atoms with Crippen LogP contribution in [0.25, 0.3) is 10.8 Å². The highest BCUT2D eigenvalue weighted by atomic mass is 32.1. The van der Waals surface area contributed by atoms with E-state index in [-0.39, 0.29) is 11.9 Å². The maximum atomic E-state index is 13.1. The van der Waals surface area contributed by atoms with Crippen molar-refractivity contribution in [1.29, 1.82) is 0 Å². The molecule has 0 aliphatic rings. The van der Waals surface area contributed by atoms with Gasteiger partial charge >= 0.3 is 5.97 Å². The third-order valence-corrected chi connectivity index (χ3v) is 5.17. The van der Waals surface area contributed by atoms with E-state index >= 15 is 0 Å². The van der Waals surface area contributed by atoms with Crippen LogP contribution in [0.3, 0.4) is 0 Å². The first-order chi connectivity index (χ1) is 13.7. The van der Waals surface area contributed by atoms with Crippen LogP contribution in [0.2, 0.25) is 0 Å². The molecule has 140 valence electrons. The van der Waals surface area contributed by atoms with Gasteiger partial charge in [-0.15, -0.1) is 21.5 Å². The van der Waals surface area contributed by atoms with Crippen LogP contribution in [0.15, 0.2) is 82.6 Å². The molecule has 1 atom stereocenters. The Hall–Kier alpha value is -3.25. The van der Waals surface area contributed by atoms with Crippen molar-refractivity contribution < 1.29 is 13.9 Å². The number of ether oxygens (including phenoxy) is 1. The van der Waals surface area contributed by atoms with Crippen LogP contribution in [0, 0.1) is 0 Å². The minimum atomic E-state index is -0.649. The van der Waals surface area contributed by atoms with Crippen molar-refractivity contribution >= 4 is 17.3 Å². The Kier molecular flexibility index (Phi) is 5.30. The van der Waals surface area contributed by atoms with Crippen molar-refractivity contribution in [2.75, 3.05) is 0 Å². The van der Waals surface area contributed by atoms with E-state index in [2.05, 4.69) is 10.2 Å². The van der Waals surface area contributed by atoms with E-state index in [0.717, 1.165) is 16.0 Å².